The summed E-state index contributed by atoms with van der Waals surface area (Å²) in [6, 6.07) is -6.28. The quantitative estimate of drug-likeness (QED) is 0.131. The Balaban J connectivity index is 0.00000870. The van der Waals surface area contributed by atoms with E-state index in [1.807, 2.05) is 5.32 Å². The Morgan fingerprint density at radius 3 is 1.79 bits per heavy atom. The molecule has 0 spiro atoms. The van der Waals surface area contributed by atoms with E-state index in [4.69, 9.17) is 5.73 Å². The molecule has 4 rings (SSSR count). The highest BCUT2D eigenvalue weighted by atomic mass is 35.5. The molecule has 2 unspecified atom stereocenters. The number of fused-ring (bicyclic) bond motifs is 2. The minimum absolute atomic E-state index is 0. The number of nitrogens with one attached hydrogen (secondary N) is 4. The largest absolute Gasteiger partial charge is 0.508 e. The number of halogens is 1. The van der Waals surface area contributed by atoms with Gasteiger partial charge in [0, 0.05) is 31.8 Å². The second-order valence-corrected chi connectivity index (χ2v) is 14.6. The molecule has 0 aromatic heterocycles. The lowest BCUT2D eigenvalue weighted by Crippen LogP contribution is -2.64. The van der Waals surface area contributed by atoms with E-state index in [0.29, 0.717) is 0 Å². The van der Waals surface area contributed by atoms with E-state index in [0.717, 1.165) is 35.8 Å². The van der Waals surface area contributed by atoms with Gasteiger partial charge in [0.2, 0.25) is 35.4 Å². The van der Waals surface area contributed by atoms with Gasteiger partial charge in [-0.1, -0.05) is 19.1 Å². The summed E-state index contributed by atoms with van der Waals surface area (Å²) >= 11 is 0. The zero-order valence-electron chi connectivity index (χ0n) is 31.2. The molecule has 57 heavy (non-hydrogen) atoms. The van der Waals surface area contributed by atoms with Crippen LogP contribution >= 0.6 is 12.4 Å². The Morgan fingerprint density at radius 1 is 0.702 bits per heavy atom. The van der Waals surface area contributed by atoms with E-state index < -0.39 is 146 Å². The summed E-state index contributed by atoms with van der Waals surface area (Å²) < 4.78 is 0. The third-order valence-corrected chi connectivity index (χ3v) is 10.2. The van der Waals surface area contributed by atoms with E-state index in [1.165, 1.54) is 19.1 Å². The predicted molar refractivity (Wildman–Crippen MR) is 195 cm³/mol. The van der Waals surface area contributed by atoms with E-state index in [9.17, 15) is 74.7 Å². The number of benzene rings is 1. The third-order valence-electron chi connectivity index (χ3n) is 10.2. The van der Waals surface area contributed by atoms with Crippen molar-refractivity contribution in [1.29, 1.82) is 0 Å². The number of carbonyl (C=O) groups excluding carboxylic acids is 6. The van der Waals surface area contributed by atoms with Crippen LogP contribution in [0.2, 0.25) is 0 Å². The number of phenolic OH excluding ortho intramolecular Hbond substituents is 1. The van der Waals surface area contributed by atoms with Crippen molar-refractivity contribution in [2.45, 2.75) is 119 Å². The molecule has 6 amide bonds. The summed E-state index contributed by atoms with van der Waals surface area (Å²) in [6.07, 6.45) is -15.8. The number of phenols is 1. The third kappa shape index (κ3) is 10.6. The van der Waals surface area contributed by atoms with Gasteiger partial charge in [-0.05, 0) is 31.5 Å². The lowest BCUT2D eigenvalue weighted by atomic mass is 9.96. The number of amides is 6. The van der Waals surface area contributed by atoms with Crippen molar-refractivity contribution in [3.05, 3.63) is 29.8 Å². The highest BCUT2D eigenvalue weighted by Crippen LogP contribution is 2.27. The standard InChI is InChI=1S/C34H51N7O15.ClH/c1-12-10-41-24(25(12)47)32(54)39-30(52)20(46)9-18(35)28(50)36-21(13(2)42)33(55)40-11-17(45)8-19(40)29(51)38-23(31(53)37-22(14(3)43)34(41)56)27(49)26(48)15-4-6-16(44)7-5-15;/h4-7,12-14,17-27,30,42-49,52H,8-11,35H2,1-3H3,(H,36,50)(H,37,53)(H,38,51)(H,39,54);1H/t12-,13?,14?,17+,18+,19-,20+,21-,22-,23-,24-,25-,26-,27-,30-;/m0./s1. The van der Waals surface area contributed by atoms with Gasteiger partial charge >= 0.3 is 0 Å². The van der Waals surface area contributed by atoms with Gasteiger partial charge in [-0.3, -0.25) is 28.8 Å². The molecular formula is C34H52ClN7O15. The van der Waals surface area contributed by atoms with Crippen LogP contribution in [0.25, 0.3) is 0 Å². The molecule has 3 aliphatic heterocycles. The fourth-order valence-corrected chi connectivity index (χ4v) is 6.92. The molecule has 320 valence electrons. The number of hydrogen-bond acceptors (Lipinski definition) is 16. The molecule has 0 aliphatic carbocycles. The monoisotopic (exact) mass is 833 g/mol. The minimum atomic E-state index is -2.24. The number of rotatable bonds is 5. The molecule has 3 heterocycles. The van der Waals surface area contributed by atoms with Crippen LogP contribution in [-0.2, 0) is 28.8 Å². The van der Waals surface area contributed by atoms with Crippen molar-refractivity contribution in [3.8, 4) is 5.75 Å². The molecule has 0 saturated carbocycles. The van der Waals surface area contributed by atoms with Gasteiger partial charge in [0.25, 0.3) is 0 Å². The SMILES string of the molecule is CC(O)[C@@H]1NC(=O)[C@H]([C@H](O)[C@@H](O)c2ccc(O)cc2)NC(=O)[C@@H]2C[C@@H](O)CN2C(=O)[C@H](C(C)O)NC(=O)[C@H](N)C[C@@H](O)[C@H](O)NC(=O)[C@@H]2[C@@H](O)[C@@H](C)CN2C1=O.Cl. The van der Waals surface area contributed by atoms with Gasteiger partial charge in [-0.15, -0.1) is 12.4 Å². The fraction of sp³-hybridized carbons (Fsp3) is 0.647. The van der Waals surface area contributed by atoms with Gasteiger partial charge in [0.1, 0.15) is 54.3 Å². The number of carbonyl (C=O) groups is 6. The van der Waals surface area contributed by atoms with E-state index in [2.05, 4.69) is 16.0 Å². The van der Waals surface area contributed by atoms with Crippen molar-refractivity contribution in [3.63, 3.8) is 0 Å². The summed E-state index contributed by atoms with van der Waals surface area (Å²) in [4.78, 5) is 83.9. The minimum Gasteiger partial charge on any atom is -0.508 e. The zero-order valence-corrected chi connectivity index (χ0v) is 32.0. The van der Waals surface area contributed by atoms with E-state index >= 15 is 0 Å². The molecular weight excluding hydrogens is 782 g/mol. The summed E-state index contributed by atoms with van der Waals surface area (Å²) in [6.45, 7) is 2.85. The molecule has 0 radical (unpaired) electrons. The smallest absolute Gasteiger partial charge is 0.248 e. The Morgan fingerprint density at radius 2 is 1.23 bits per heavy atom. The highest BCUT2D eigenvalue weighted by Gasteiger charge is 2.50. The topological polar surface area (TPSA) is 365 Å². The number of hydrogen-bond donors (Lipinski definition) is 14. The molecule has 1 aromatic rings. The van der Waals surface area contributed by atoms with Crippen LogP contribution in [0.15, 0.2) is 24.3 Å². The number of aliphatic hydroxyl groups is 8. The Hall–Kier alpha value is -4.23. The molecule has 3 saturated heterocycles. The maximum Gasteiger partial charge on any atom is 0.248 e. The van der Waals surface area contributed by atoms with Crippen LogP contribution in [0.4, 0.5) is 0 Å². The molecule has 0 bridgehead atoms. The Bertz CT molecular complexity index is 1620. The lowest BCUT2D eigenvalue weighted by Gasteiger charge is -2.34. The van der Waals surface area contributed by atoms with Crippen molar-refractivity contribution in [2.24, 2.45) is 11.7 Å². The van der Waals surface area contributed by atoms with Gasteiger partial charge < -0.3 is 82.8 Å². The van der Waals surface area contributed by atoms with Gasteiger partial charge in [-0.25, -0.2) is 0 Å². The average molecular weight is 834 g/mol. The van der Waals surface area contributed by atoms with Gasteiger partial charge in [0.15, 0.2) is 6.23 Å². The molecule has 3 fully saturated rings. The predicted octanol–water partition coefficient (Wildman–Crippen LogP) is -6.88. The summed E-state index contributed by atoms with van der Waals surface area (Å²) in [5.41, 5.74) is 5.88. The molecule has 15 N–H and O–H groups in total. The fourth-order valence-electron chi connectivity index (χ4n) is 6.92. The van der Waals surface area contributed by atoms with Crippen molar-refractivity contribution >= 4 is 47.9 Å². The van der Waals surface area contributed by atoms with Crippen molar-refractivity contribution < 1.29 is 74.7 Å². The first-order valence-electron chi connectivity index (χ1n) is 18.0. The second-order valence-electron chi connectivity index (χ2n) is 14.6. The maximum atomic E-state index is 14.0. The second kappa shape index (κ2) is 19.5. The van der Waals surface area contributed by atoms with Crippen LogP contribution in [0.3, 0.4) is 0 Å². The highest BCUT2D eigenvalue weighted by molar-refractivity contribution is 5.98. The van der Waals surface area contributed by atoms with E-state index in [-0.39, 0.29) is 30.3 Å². The van der Waals surface area contributed by atoms with Crippen molar-refractivity contribution in [2.75, 3.05) is 13.1 Å². The first-order chi connectivity index (χ1) is 26.1. The van der Waals surface area contributed by atoms with Gasteiger partial charge in [-0.2, -0.15) is 0 Å². The normalized spacial score (nSPS) is 34.6. The first-order valence-corrected chi connectivity index (χ1v) is 18.0. The van der Waals surface area contributed by atoms with Crippen LogP contribution in [0.1, 0.15) is 45.3 Å². The molecule has 22 nitrogen and oxygen atoms in total. The Kier molecular flexibility index (Phi) is 16.1. The number of nitrogens with two attached hydrogens (primary N) is 1. The molecule has 23 heteroatoms. The first kappa shape index (κ1) is 47.1. The summed E-state index contributed by atoms with van der Waals surface area (Å²) in [7, 11) is 0. The van der Waals surface area contributed by atoms with E-state index in [1.54, 1.807) is 0 Å². The van der Waals surface area contributed by atoms with Crippen LogP contribution in [0, 0.1) is 5.92 Å². The van der Waals surface area contributed by atoms with Crippen LogP contribution in [0.5, 0.6) is 5.75 Å². The summed E-state index contributed by atoms with van der Waals surface area (Å²) in [5, 5.41) is 105. The maximum absolute atomic E-state index is 14.0. The molecule has 15 atom stereocenters. The zero-order chi connectivity index (χ0) is 41.9. The molecule has 3 aliphatic rings. The van der Waals surface area contributed by atoms with Crippen LogP contribution < -0.4 is 27.0 Å². The number of aromatic hydroxyl groups is 1. The van der Waals surface area contributed by atoms with Gasteiger partial charge in [0.05, 0.1) is 30.5 Å². The number of nitrogens with zero attached hydrogens (tertiary/aromatic N) is 2. The molecule has 1 aromatic carbocycles. The summed E-state index contributed by atoms with van der Waals surface area (Å²) in [5.74, 6) is -8.12. The Labute approximate surface area is 332 Å². The van der Waals surface area contributed by atoms with Crippen LogP contribution in [-0.4, -0.2) is 183 Å². The average Bonchev–Trinajstić information content (AvgIpc) is 3.68. The number of aliphatic hydroxyl groups excluding tert-OH is 8. The van der Waals surface area contributed by atoms with Crippen molar-refractivity contribution in [1.82, 2.24) is 31.1 Å². The lowest BCUT2D eigenvalue weighted by molar-refractivity contribution is -0.148.